The summed E-state index contributed by atoms with van der Waals surface area (Å²) < 4.78 is 26.1. The lowest BCUT2D eigenvalue weighted by Gasteiger charge is -2.10. The maximum absolute atomic E-state index is 13.2. The minimum Gasteiger partial charge on any atom is -0.330 e. The number of benzene rings is 2. The van der Waals surface area contributed by atoms with Gasteiger partial charge in [-0.3, -0.25) is 0 Å². The van der Waals surface area contributed by atoms with Gasteiger partial charge < -0.3 is 5.73 Å². The van der Waals surface area contributed by atoms with Crippen LogP contribution in [0.4, 0.5) is 8.78 Å². The van der Waals surface area contributed by atoms with Crippen LogP contribution in [0, 0.1) is 11.6 Å². The fourth-order valence-corrected chi connectivity index (χ4v) is 3.05. The smallest absolute Gasteiger partial charge is 0.159 e. The molecule has 0 amide bonds. The van der Waals surface area contributed by atoms with Crippen LogP contribution in [0.25, 0.3) is 0 Å². The van der Waals surface area contributed by atoms with Crippen molar-refractivity contribution in [3.05, 3.63) is 58.6 Å². The minimum absolute atomic E-state index is 0.481. The molecule has 0 bridgehead atoms. The Bertz CT molecular complexity index is 590. The van der Waals surface area contributed by atoms with E-state index in [1.165, 1.54) is 23.9 Å². The van der Waals surface area contributed by atoms with Crippen LogP contribution in [0.1, 0.15) is 5.56 Å². The second-order valence-corrected chi connectivity index (χ2v) is 5.46. The van der Waals surface area contributed by atoms with Gasteiger partial charge in [-0.2, -0.15) is 0 Å². The maximum Gasteiger partial charge on any atom is 0.159 e. The molecular formula is C14H12ClF2NS. The van der Waals surface area contributed by atoms with Gasteiger partial charge in [0.25, 0.3) is 0 Å². The summed E-state index contributed by atoms with van der Waals surface area (Å²) in [4.78, 5) is 1.53. The Hall–Kier alpha value is -1.10. The van der Waals surface area contributed by atoms with E-state index in [9.17, 15) is 8.78 Å². The molecule has 1 nitrogen and oxygen atoms in total. The molecule has 0 fully saturated rings. The van der Waals surface area contributed by atoms with Crippen LogP contribution in [-0.4, -0.2) is 6.54 Å². The molecule has 19 heavy (non-hydrogen) atoms. The summed E-state index contributed by atoms with van der Waals surface area (Å²) in [6, 6.07) is 9.34. The van der Waals surface area contributed by atoms with E-state index in [4.69, 9.17) is 17.3 Å². The highest BCUT2D eigenvalue weighted by molar-refractivity contribution is 7.99. The van der Waals surface area contributed by atoms with Gasteiger partial charge in [0.05, 0.1) is 0 Å². The van der Waals surface area contributed by atoms with Gasteiger partial charge in [0.15, 0.2) is 11.6 Å². The second kappa shape index (κ2) is 6.37. The van der Waals surface area contributed by atoms with E-state index < -0.39 is 11.6 Å². The second-order valence-electron chi connectivity index (χ2n) is 3.93. The number of rotatable bonds is 4. The lowest BCUT2D eigenvalue weighted by atomic mass is 10.1. The van der Waals surface area contributed by atoms with Gasteiger partial charge in [-0.1, -0.05) is 29.4 Å². The first-order valence-corrected chi connectivity index (χ1v) is 6.91. The molecule has 0 saturated heterocycles. The van der Waals surface area contributed by atoms with Gasteiger partial charge in [0.1, 0.15) is 0 Å². The summed E-state index contributed by atoms with van der Waals surface area (Å²) in [6.07, 6.45) is 0.645. The average molecular weight is 300 g/mol. The number of halogens is 3. The summed E-state index contributed by atoms with van der Waals surface area (Å²) in [7, 11) is 0. The molecule has 0 heterocycles. The Labute approximate surface area is 119 Å². The predicted octanol–water partition coefficient (Wildman–Crippen LogP) is 4.27. The van der Waals surface area contributed by atoms with Gasteiger partial charge in [-0.05, 0) is 48.9 Å². The van der Waals surface area contributed by atoms with Gasteiger partial charge in [-0.25, -0.2) is 8.78 Å². The Morgan fingerprint density at radius 1 is 1.11 bits per heavy atom. The summed E-state index contributed by atoms with van der Waals surface area (Å²) in [5.74, 6) is -1.70. The Morgan fingerprint density at radius 2 is 1.89 bits per heavy atom. The van der Waals surface area contributed by atoms with Crippen LogP contribution in [-0.2, 0) is 6.42 Å². The first-order valence-electron chi connectivity index (χ1n) is 5.72. The molecule has 0 saturated carbocycles. The van der Waals surface area contributed by atoms with E-state index in [1.807, 2.05) is 12.1 Å². The van der Waals surface area contributed by atoms with Crippen molar-refractivity contribution < 1.29 is 8.78 Å². The van der Waals surface area contributed by atoms with Crippen molar-refractivity contribution in [2.24, 2.45) is 5.73 Å². The molecule has 2 aromatic carbocycles. The lowest BCUT2D eigenvalue weighted by Crippen LogP contribution is -2.04. The van der Waals surface area contributed by atoms with Crippen molar-refractivity contribution in [2.45, 2.75) is 16.2 Å². The largest absolute Gasteiger partial charge is 0.330 e. The van der Waals surface area contributed by atoms with Crippen LogP contribution in [0.2, 0.25) is 5.02 Å². The van der Waals surface area contributed by atoms with Crippen molar-refractivity contribution in [2.75, 3.05) is 6.54 Å². The standard InChI is InChI=1S/C14H12ClF2NS/c15-11-2-1-3-14(10(11)6-7-18)19-9-4-5-12(16)13(17)8-9/h1-5,8H,6-7,18H2. The van der Waals surface area contributed by atoms with Crippen LogP contribution in [0.3, 0.4) is 0 Å². The van der Waals surface area contributed by atoms with E-state index in [0.29, 0.717) is 22.9 Å². The average Bonchev–Trinajstić information content (AvgIpc) is 2.38. The molecule has 0 aliphatic heterocycles. The van der Waals surface area contributed by atoms with Crippen molar-refractivity contribution >= 4 is 23.4 Å². The summed E-state index contributed by atoms with van der Waals surface area (Å²) in [6.45, 7) is 0.481. The van der Waals surface area contributed by atoms with E-state index >= 15 is 0 Å². The first kappa shape index (κ1) is 14.3. The summed E-state index contributed by atoms with van der Waals surface area (Å²) in [5, 5.41) is 0.637. The lowest BCUT2D eigenvalue weighted by molar-refractivity contribution is 0.506. The molecule has 100 valence electrons. The van der Waals surface area contributed by atoms with E-state index in [2.05, 4.69) is 0 Å². The van der Waals surface area contributed by atoms with E-state index in [-0.39, 0.29) is 0 Å². The van der Waals surface area contributed by atoms with Gasteiger partial charge in [0, 0.05) is 14.8 Å². The molecule has 5 heteroatoms. The molecule has 0 aromatic heterocycles. The maximum atomic E-state index is 13.2. The SMILES string of the molecule is NCCc1c(Cl)cccc1Sc1ccc(F)c(F)c1. The minimum atomic E-state index is -0.854. The summed E-state index contributed by atoms with van der Waals surface area (Å²) >= 11 is 7.47. The molecule has 0 atom stereocenters. The van der Waals surface area contributed by atoms with Crippen LogP contribution >= 0.6 is 23.4 Å². The number of nitrogens with two attached hydrogens (primary N) is 1. The molecule has 0 radical (unpaired) electrons. The molecular weight excluding hydrogens is 288 g/mol. The monoisotopic (exact) mass is 299 g/mol. The molecule has 2 aromatic rings. The van der Waals surface area contributed by atoms with Gasteiger partial charge in [-0.15, -0.1) is 0 Å². The third-order valence-electron chi connectivity index (χ3n) is 2.59. The van der Waals surface area contributed by atoms with Crippen molar-refractivity contribution in [3.8, 4) is 0 Å². The third kappa shape index (κ3) is 3.47. The molecule has 2 N–H and O–H groups in total. The molecule has 2 rings (SSSR count). The Morgan fingerprint density at radius 3 is 2.58 bits per heavy atom. The Balaban J connectivity index is 2.32. The Kier molecular flexibility index (Phi) is 4.80. The molecule has 0 spiro atoms. The topological polar surface area (TPSA) is 26.0 Å². The zero-order chi connectivity index (χ0) is 13.8. The number of hydrogen-bond donors (Lipinski definition) is 1. The van der Waals surface area contributed by atoms with E-state index in [1.54, 1.807) is 6.07 Å². The van der Waals surface area contributed by atoms with Crippen LogP contribution in [0.15, 0.2) is 46.2 Å². The van der Waals surface area contributed by atoms with Crippen molar-refractivity contribution in [1.29, 1.82) is 0 Å². The van der Waals surface area contributed by atoms with Crippen molar-refractivity contribution in [1.82, 2.24) is 0 Å². The zero-order valence-electron chi connectivity index (χ0n) is 10.00. The van der Waals surface area contributed by atoms with Crippen LogP contribution < -0.4 is 5.73 Å². The zero-order valence-corrected chi connectivity index (χ0v) is 11.6. The highest BCUT2D eigenvalue weighted by Gasteiger charge is 2.09. The van der Waals surface area contributed by atoms with Crippen LogP contribution in [0.5, 0.6) is 0 Å². The fourth-order valence-electron chi connectivity index (χ4n) is 1.69. The van der Waals surface area contributed by atoms with Gasteiger partial charge in [0.2, 0.25) is 0 Å². The first-order chi connectivity index (χ1) is 9.11. The van der Waals surface area contributed by atoms with E-state index in [0.717, 1.165) is 16.5 Å². The molecule has 0 aliphatic carbocycles. The third-order valence-corrected chi connectivity index (χ3v) is 4.04. The highest BCUT2D eigenvalue weighted by Crippen LogP contribution is 2.34. The highest BCUT2D eigenvalue weighted by atomic mass is 35.5. The predicted molar refractivity (Wildman–Crippen MR) is 74.7 cm³/mol. The molecule has 0 unspecified atom stereocenters. The normalized spacial score (nSPS) is 10.7. The summed E-state index contributed by atoms with van der Waals surface area (Å²) in [5.41, 5.74) is 6.49. The number of hydrogen-bond acceptors (Lipinski definition) is 2. The van der Waals surface area contributed by atoms with Gasteiger partial charge >= 0.3 is 0 Å². The molecule has 0 aliphatic rings. The van der Waals surface area contributed by atoms with Crippen molar-refractivity contribution in [3.63, 3.8) is 0 Å². The quantitative estimate of drug-likeness (QED) is 0.912. The fraction of sp³-hybridized carbons (Fsp3) is 0.143.